The van der Waals surface area contributed by atoms with E-state index in [1.165, 1.54) is 0 Å². The molecule has 0 N–H and O–H groups in total. The monoisotopic (exact) mass is 308 g/mol. The molecule has 0 radical (unpaired) electrons. The number of rotatable bonds is 6. The first-order valence-electron chi connectivity index (χ1n) is 8.03. The van der Waals surface area contributed by atoms with Gasteiger partial charge in [0, 0.05) is 0 Å². The summed E-state index contributed by atoms with van der Waals surface area (Å²) in [4.78, 5) is 24.6. The number of hydrogen-bond donors (Lipinski definition) is 0. The standard InChI is InChI=1S/C18H28O4/c1-12(2)10-21-17(19)15-8-6-7-14(5)9-16(15)18(20)22-11-13(3)4/h6-8,12-14,16H,9-11H2,1-5H3. The van der Waals surface area contributed by atoms with Gasteiger partial charge in [0.25, 0.3) is 0 Å². The minimum atomic E-state index is -0.552. The summed E-state index contributed by atoms with van der Waals surface area (Å²) in [6.07, 6.45) is 6.07. The van der Waals surface area contributed by atoms with Crippen molar-refractivity contribution in [3.8, 4) is 0 Å². The summed E-state index contributed by atoms with van der Waals surface area (Å²) in [5, 5.41) is 0. The minimum absolute atomic E-state index is 0.211. The van der Waals surface area contributed by atoms with E-state index in [4.69, 9.17) is 9.47 Å². The van der Waals surface area contributed by atoms with Gasteiger partial charge in [-0.25, -0.2) is 4.79 Å². The molecule has 1 rings (SSSR count). The summed E-state index contributed by atoms with van der Waals surface area (Å²) < 4.78 is 10.6. The van der Waals surface area contributed by atoms with E-state index in [1.54, 1.807) is 6.08 Å². The van der Waals surface area contributed by atoms with Crippen LogP contribution in [0, 0.1) is 23.7 Å². The number of esters is 2. The van der Waals surface area contributed by atoms with E-state index in [2.05, 4.69) is 0 Å². The summed E-state index contributed by atoms with van der Waals surface area (Å²) in [6.45, 7) is 10.7. The minimum Gasteiger partial charge on any atom is -0.465 e. The van der Waals surface area contributed by atoms with Gasteiger partial charge in [0.15, 0.2) is 0 Å². The van der Waals surface area contributed by atoms with Gasteiger partial charge >= 0.3 is 11.9 Å². The molecule has 0 bridgehead atoms. The second kappa shape index (κ2) is 8.76. The molecule has 0 aromatic heterocycles. The van der Waals surface area contributed by atoms with E-state index in [9.17, 15) is 9.59 Å². The Morgan fingerprint density at radius 3 is 2.32 bits per heavy atom. The molecule has 0 aromatic rings. The van der Waals surface area contributed by atoms with E-state index in [0.29, 0.717) is 25.2 Å². The fourth-order valence-corrected chi connectivity index (χ4v) is 2.15. The van der Waals surface area contributed by atoms with Crippen molar-refractivity contribution in [1.82, 2.24) is 0 Å². The molecule has 0 heterocycles. The third kappa shape index (κ3) is 6.04. The van der Waals surface area contributed by atoms with Gasteiger partial charge in [0.2, 0.25) is 0 Å². The summed E-state index contributed by atoms with van der Waals surface area (Å²) in [6, 6.07) is 0. The van der Waals surface area contributed by atoms with Gasteiger partial charge in [-0.1, -0.05) is 52.8 Å². The quantitative estimate of drug-likeness (QED) is 0.704. The van der Waals surface area contributed by atoms with Gasteiger partial charge in [-0.05, 0) is 24.2 Å². The third-order valence-electron chi connectivity index (χ3n) is 3.33. The fraction of sp³-hybridized carbons (Fsp3) is 0.667. The van der Waals surface area contributed by atoms with Crippen molar-refractivity contribution < 1.29 is 19.1 Å². The van der Waals surface area contributed by atoms with E-state index in [-0.39, 0.29) is 23.7 Å². The fourth-order valence-electron chi connectivity index (χ4n) is 2.15. The maximum absolute atomic E-state index is 12.4. The maximum atomic E-state index is 12.4. The van der Waals surface area contributed by atoms with Crippen molar-refractivity contribution in [3.05, 3.63) is 23.8 Å². The lowest BCUT2D eigenvalue weighted by molar-refractivity contribution is -0.152. The number of carbonyl (C=O) groups excluding carboxylic acids is 2. The van der Waals surface area contributed by atoms with Crippen molar-refractivity contribution in [2.75, 3.05) is 13.2 Å². The van der Waals surface area contributed by atoms with Gasteiger partial charge in [-0.2, -0.15) is 0 Å². The second-order valence-electron chi connectivity index (χ2n) is 6.79. The number of carbonyl (C=O) groups is 2. The van der Waals surface area contributed by atoms with E-state index in [1.807, 2.05) is 46.8 Å². The average molecular weight is 308 g/mol. The first-order valence-corrected chi connectivity index (χ1v) is 8.03. The lowest BCUT2D eigenvalue weighted by Gasteiger charge is -2.20. The van der Waals surface area contributed by atoms with Crippen LogP contribution in [0.4, 0.5) is 0 Å². The maximum Gasteiger partial charge on any atom is 0.334 e. The molecule has 0 aromatic carbocycles. The third-order valence-corrected chi connectivity index (χ3v) is 3.33. The zero-order valence-corrected chi connectivity index (χ0v) is 14.3. The number of ether oxygens (including phenoxy) is 2. The van der Waals surface area contributed by atoms with Crippen molar-refractivity contribution in [1.29, 1.82) is 0 Å². The summed E-state index contributed by atoms with van der Waals surface area (Å²) in [5.41, 5.74) is 0.398. The predicted octanol–water partition coefficient (Wildman–Crippen LogP) is 3.52. The molecular formula is C18H28O4. The lowest BCUT2D eigenvalue weighted by atomic mass is 9.91. The SMILES string of the molecule is CC(C)COC(=O)C1=CC=CC(C)CC1C(=O)OCC(C)C. The molecule has 1 aliphatic rings. The van der Waals surface area contributed by atoms with Crippen LogP contribution in [0.15, 0.2) is 23.8 Å². The second-order valence-corrected chi connectivity index (χ2v) is 6.79. The molecule has 22 heavy (non-hydrogen) atoms. The van der Waals surface area contributed by atoms with Crippen LogP contribution < -0.4 is 0 Å². The highest BCUT2D eigenvalue weighted by Gasteiger charge is 2.32. The largest absolute Gasteiger partial charge is 0.465 e. The molecule has 1 aliphatic carbocycles. The Balaban J connectivity index is 2.83. The Morgan fingerprint density at radius 2 is 1.73 bits per heavy atom. The van der Waals surface area contributed by atoms with E-state index < -0.39 is 11.9 Å². The highest BCUT2D eigenvalue weighted by atomic mass is 16.5. The van der Waals surface area contributed by atoms with Crippen LogP contribution in [0.25, 0.3) is 0 Å². The van der Waals surface area contributed by atoms with Crippen LogP contribution in [0.2, 0.25) is 0 Å². The van der Waals surface area contributed by atoms with Crippen molar-refractivity contribution >= 4 is 11.9 Å². The van der Waals surface area contributed by atoms with Crippen molar-refractivity contribution in [2.24, 2.45) is 23.7 Å². The topological polar surface area (TPSA) is 52.6 Å². The molecule has 0 saturated carbocycles. The average Bonchev–Trinajstić information content (AvgIpc) is 2.63. The van der Waals surface area contributed by atoms with E-state index >= 15 is 0 Å². The highest BCUT2D eigenvalue weighted by Crippen LogP contribution is 2.27. The molecule has 0 fully saturated rings. The first-order chi connectivity index (χ1) is 10.3. The first kappa shape index (κ1) is 18.5. The zero-order chi connectivity index (χ0) is 16.7. The number of hydrogen-bond acceptors (Lipinski definition) is 4. The van der Waals surface area contributed by atoms with Crippen LogP contribution in [0.3, 0.4) is 0 Å². The molecule has 0 amide bonds. The highest BCUT2D eigenvalue weighted by molar-refractivity contribution is 5.96. The lowest BCUT2D eigenvalue weighted by Crippen LogP contribution is -2.27. The zero-order valence-electron chi connectivity index (χ0n) is 14.3. The van der Waals surface area contributed by atoms with E-state index in [0.717, 1.165) is 0 Å². The molecule has 124 valence electrons. The van der Waals surface area contributed by atoms with Gasteiger partial charge in [-0.15, -0.1) is 0 Å². The molecule has 4 nitrogen and oxygen atoms in total. The number of allylic oxidation sites excluding steroid dienone is 3. The molecule has 0 aliphatic heterocycles. The van der Waals surface area contributed by atoms with Crippen LogP contribution in [-0.2, 0) is 19.1 Å². The smallest absolute Gasteiger partial charge is 0.334 e. The summed E-state index contributed by atoms with van der Waals surface area (Å²) in [5.74, 6) is -0.565. The summed E-state index contributed by atoms with van der Waals surface area (Å²) >= 11 is 0. The Bertz CT molecular complexity index is 446. The molecule has 4 heteroatoms. The van der Waals surface area contributed by atoms with Gasteiger partial charge in [0.1, 0.15) is 0 Å². The normalized spacial score (nSPS) is 21.5. The van der Waals surface area contributed by atoms with Crippen molar-refractivity contribution in [3.63, 3.8) is 0 Å². The Labute approximate surface area is 133 Å². The Kier molecular flexibility index (Phi) is 7.36. The van der Waals surface area contributed by atoms with Crippen molar-refractivity contribution in [2.45, 2.75) is 41.0 Å². The van der Waals surface area contributed by atoms with Crippen LogP contribution >= 0.6 is 0 Å². The van der Waals surface area contributed by atoms with Gasteiger partial charge < -0.3 is 9.47 Å². The Morgan fingerprint density at radius 1 is 1.14 bits per heavy atom. The molecule has 0 spiro atoms. The molecular weight excluding hydrogens is 280 g/mol. The molecule has 2 unspecified atom stereocenters. The van der Waals surface area contributed by atoms with Crippen LogP contribution in [0.1, 0.15) is 41.0 Å². The van der Waals surface area contributed by atoms with Crippen LogP contribution in [-0.4, -0.2) is 25.2 Å². The van der Waals surface area contributed by atoms with Crippen LogP contribution in [0.5, 0.6) is 0 Å². The molecule has 2 atom stereocenters. The predicted molar refractivity (Wildman–Crippen MR) is 86.1 cm³/mol. The Hall–Kier alpha value is -1.58. The molecule has 0 saturated heterocycles. The van der Waals surface area contributed by atoms with Gasteiger partial charge in [-0.3, -0.25) is 4.79 Å². The van der Waals surface area contributed by atoms with Gasteiger partial charge in [0.05, 0.1) is 24.7 Å². The summed E-state index contributed by atoms with van der Waals surface area (Å²) in [7, 11) is 0.